The largest absolute Gasteiger partial charge is 0.382 e. The lowest BCUT2D eigenvalue weighted by molar-refractivity contribution is -0.140. The van der Waals surface area contributed by atoms with Gasteiger partial charge in [0.25, 0.3) is 0 Å². The molecule has 0 spiro atoms. The summed E-state index contributed by atoms with van der Waals surface area (Å²) in [5, 5.41) is 2.90. The molecule has 0 bridgehead atoms. The van der Waals surface area contributed by atoms with Crippen LogP contribution < -0.4 is 10.0 Å². The topological polar surface area (TPSA) is 105 Å². The molecule has 0 aliphatic heterocycles. The summed E-state index contributed by atoms with van der Waals surface area (Å²) < 4.78 is 32.7. The van der Waals surface area contributed by atoms with Gasteiger partial charge in [0.1, 0.15) is 6.04 Å². The highest BCUT2D eigenvalue weighted by Crippen LogP contribution is 2.22. The predicted molar refractivity (Wildman–Crippen MR) is 139 cm³/mol. The monoisotopic (exact) mass is 515 g/mol. The van der Waals surface area contributed by atoms with Crippen LogP contribution in [0.15, 0.2) is 59.5 Å². The standard InChI is InChI=1S/C27H37N3O5S/c1-3-35-19-7-18-28-27(32)21(2)30(20-23-8-5-4-6-9-23)26(31)17-12-22-10-15-25(16-11-22)36(33,34)29-24-13-14-24/h4-6,8-11,15-16,21,24,29H,3,7,12-14,17-20H2,1-2H3,(H,28,32)/t21-/m0/s1. The number of amides is 2. The smallest absolute Gasteiger partial charge is 0.242 e. The van der Waals surface area contributed by atoms with E-state index in [1.165, 1.54) is 0 Å². The first-order valence-corrected chi connectivity index (χ1v) is 14.1. The molecule has 0 heterocycles. The fourth-order valence-corrected chi connectivity index (χ4v) is 5.06. The van der Waals surface area contributed by atoms with Gasteiger partial charge in [0.2, 0.25) is 21.8 Å². The summed E-state index contributed by atoms with van der Waals surface area (Å²) in [7, 11) is -3.50. The van der Waals surface area contributed by atoms with Gasteiger partial charge >= 0.3 is 0 Å². The first kappa shape index (κ1) is 27.8. The minimum absolute atomic E-state index is 0.0479. The van der Waals surface area contributed by atoms with Gasteiger partial charge in [0.15, 0.2) is 0 Å². The van der Waals surface area contributed by atoms with Crippen LogP contribution in [-0.4, -0.2) is 57.0 Å². The third-order valence-electron chi connectivity index (χ3n) is 6.09. The van der Waals surface area contributed by atoms with Crippen molar-refractivity contribution in [2.24, 2.45) is 0 Å². The number of carbonyl (C=O) groups excluding carboxylic acids is 2. The first-order chi connectivity index (χ1) is 17.3. The van der Waals surface area contributed by atoms with E-state index in [0.29, 0.717) is 39.1 Å². The van der Waals surface area contributed by atoms with Crippen molar-refractivity contribution in [3.63, 3.8) is 0 Å². The number of ether oxygens (including phenoxy) is 1. The summed E-state index contributed by atoms with van der Waals surface area (Å²) in [6.07, 6.45) is 3.12. The van der Waals surface area contributed by atoms with Crippen LogP contribution in [0.2, 0.25) is 0 Å². The number of hydrogen-bond acceptors (Lipinski definition) is 5. The lowest BCUT2D eigenvalue weighted by atomic mass is 10.1. The van der Waals surface area contributed by atoms with Crippen LogP contribution >= 0.6 is 0 Å². The van der Waals surface area contributed by atoms with Gasteiger partial charge in [-0.1, -0.05) is 42.5 Å². The normalized spacial score (nSPS) is 14.3. The molecule has 1 atom stereocenters. The number of sulfonamides is 1. The minimum Gasteiger partial charge on any atom is -0.382 e. The summed E-state index contributed by atoms with van der Waals surface area (Å²) in [6, 6.07) is 15.6. The zero-order valence-electron chi connectivity index (χ0n) is 21.1. The van der Waals surface area contributed by atoms with E-state index in [2.05, 4.69) is 10.0 Å². The highest BCUT2D eigenvalue weighted by molar-refractivity contribution is 7.89. The molecule has 0 saturated heterocycles. The van der Waals surface area contributed by atoms with Gasteiger partial charge < -0.3 is 15.0 Å². The molecule has 2 aromatic carbocycles. The third kappa shape index (κ3) is 8.72. The van der Waals surface area contributed by atoms with E-state index in [0.717, 1.165) is 24.0 Å². The molecule has 1 fully saturated rings. The summed E-state index contributed by atoms with van der Waals surface area (Å²) in [4.78, 5) is 27.9. The van der Waals surface area contributed by atoms with Crippen LogP contribution in [0.3, 0.4) is 0 Å². The van der Waals surface area contributed by atoms with Crippen molar-refractivity contribution in [2.75, 3.05) is 19.8 Å². The molecule has 0 unspecified atom stereocenters. The van der Waals surface area contributed by atoms with Gasteiger partial charge in [-0.2, -0.15) is 0 Å². The Bertz CT molecular complexity index is 1090. The molecule has 9 heteroatoms. The van der Waals surface area contributed by atoms with Crippen LogP contribution in [-0.2, 0) is 37.3 Å². The highest BCUT2D eigenvalue weighted by atomic mass is 32.2. The first-order valence-electron chi connectivity index (χ1n) is 12.6. The van der Waals surface area contributed by atoms with E-state index < -0.39 is 16.1 Å². The van der Waals surface area contributed by atoms with Crippen molar-refractivity contribution in [3.8, 4) is 0 Å². The summed E-state index contributed by atoms with van der Waals surface area (Å²) in [6.45, 7) is 5.70. The summed E-state index contributed by atoms with van der Waals surface area (Å²) in [5.74, 6) is -0.337. The number of hydrogen-bond donors (Lipinski definition) is 2. The zero-order valence-corrected chi connectivity index (χ0v) is 21.9. The van der Waals surface area contributed by atoms with Crippen LogP contribution in [0.1, 0.15) is 50.7 Å². The molecule has 196 valence electrons. The molecule has 2 aromatic rings. The molecular weight excluding hydrogens is 478 g/mol. The van der Waals surface area contributed by atoms with Gasteiger partial charge in [0, 0.05) is 38.8 Å². The van der Waals surface area contributed by atoms with Crippen molar-refractivity contribution in [2.45, 2.75) is 69.5 Å². The van der Waals surface area contributed by atoms with Crippen molar-refractivity contribution in [1.82, 2.24) is 14.9 Å². The van der Waals surface area contributed by atoms with Crippen molar-refractivity contribution < 1.29 is 22.7 Å². The van der Waals surface area contributed by atoms with Crippen molar-refractivity contribution in [3.05, 3.63) is 65.7 Å². The van der Waals surface area contributed by atoms with E-state index in [4.69, 9.17) is 4.74 Å². The molecule has 2 N–H and O–H groups in total. The van der Waals surface area contributed by atoms with Gasteiger partial charge in [-0.15, -0.1) is 0 Å². The van der Waals surface area contributed by atoms with Crippen molar-refractivity contribution >= 4 is 21.8 Å². The Morgan fingerprint density at radius 3 is 2.39 bits per heavy atom. The fourth-order valence-electron chi connectivity index (χ4n) is 3.76. The van der Waals surface area contributed by atoms with Crippen LogP contribution in [0.4, 0.5) is 0 Å². The molecule has 0 aromatic heterocycles. The van der Waals surface area contributed by atoms with Gasteiger partial charge in [-0.05, 0) is 62.8 Å². The lowest BCUT2D eigenvalue weighted by Gasteiger charge is -2.29. The second-order valence-electron chi connectivity index (χ2n) is 9.06. The molecule has 0 radical (unpaired) electrons. The Morgan fingerprint density at radius 2 is 1.75 bits per heavy atom. The molecule has 2 amide bonds. The molecular formula is C27H37N3O5S. The summed E-state index contributed by atoms with van der Waals surface area (Å²) in [5.41, 5.74) is 1.81. The molecule has 8 nitrogen and oxygen atoms in total. The van der Waals surface area contributed by atoms with Gasteiger partial charge in [-0.25, -0.2) is 13.1 Å². The maximum absolute atomic E-state index is 13.3. The molecule has 3 rings (SSSR count). The number of nitrogens with one attached hydrogen (secondary N) is 2. The van der Waals surface area contributed by atoms with Gasteiger partial charge in [-0.3, -0.25) is 9.59 Å². The summed E-state index contributed by atoms with van der Waals surface area (Å²) >= 11 is 0. The Labute approximate surface area is 214 Å². The van der Waals surface area contributed by atoms with E-state index >= 15 is 0 Å². The highest BCUT2D eigenvalue weighted by Gasteiger charge is 2.28. The Balaban J connectivity index is 1.60. The number of aryl methyl sites for hydroxylation is 1. The van der Waals surface area contributed by atoms with Gasteiger partial charge in [0.05, 0.1) is 4.90 Å². The molecule has 1 aliphatic rings. The Kier molecular flexibility index (Phi) is 10.5. The average Bonchev–Trinajstić information content (AvgIpc) is 3.69. The average molecular weight is 516 g/mol. The fraction of sp³-hybridized carbons (Fsp3) is 0.481. The van der Waals surface area contributed by atoms with Crippen LogP contribution in [0, 0.1) is 0 Å². The van der Waals surface area contributed by atoms with E-state index in [1.807, 2.05) is 37.3 Å². The van der Waals surface area contributed by atoms with E-state index in [9.17, 15) is 18.0 Å². The SMILES string of the molecule is CCOCCCNC(=O)[C@H](C)N(Cc1ccccc1)C(=O)CCc1ccc(S(=O)(=O)NC2CC2)cc1. The Morgan fingerprint density at radius 1 is 1.06 bits per heavy atom. The second-order valence-corrected chi connectivity index (χ2v) is 10.8. The molecule has 1 aliphatic carbocycles. The quantitative estimate of drug-likeness (QED) is 0.355. The lowest BCUT2D eigenvalue weighted by Crippen LogP contribution is -2.48. The number of rotatable bonds is 15. The predicted octanol–water partition coefficient (Wildman–Crippen LogP) is 3.02. The Hall–Kier alpha value is -2.75. The molecule has 1 saturated carbocycles. The maximum Gasteiger partial charge on any atom is 0.242 e. The van der Waals surface area contributed by atoms with E-state index in [1.54, 1.807) is 36.1 Å². The maximum atomic E-state index is 13.3. The minimum atomic E-state index is -3.50. The van der Waals surface area contributed by atoms with E-state index in [-0.39, 0.29) is 29.2 Å². The van der Waals surface area contributed by atoms with Crippen molar-refractivity contribution in [1.29, 1.82) is 0 Å². The zero-order chi connectivity index (χ0) is 26.0. The van der Waals surface area contributed by atoms with Crippen LogP contribution in [0.25, 0.3) is 0 Å². The molecule has 36 heavy (non-hydrogen) atoms. The number of benzene rings is 2. The number of carbonyl (C=O) groups is 2. The number of nitrogens with zero attached hydrogens (tertiary/aromatic N) is 1. The van der Waals surface area contributed by atoms with Crippen LogP contribution in [0.5, 0.6) is 0 Å². The third-order valence-corrected chi connectivity index (χ3v) is 7.63. The second kappa shape index (κ2) is 13.5.